The van der Waals surface area contributed by atoms with Gasteiger partial charge in [-0.05, 0) is 12.3 Å². The van der Waals surface area contributed by atoms with Crippen molar-refractivity contribution in [3.63, 3.8) is 0 Å². The predicted octanol–water partition coefficient (Wildman–Crippen LogP) is 2.67. The van der Waals surface area contributed by atoms with Crippen molar-refractivity contribution in [2.45, 2.75) is 26.3 Å². The number of carbonyl (C=O) groups excluding carboxylic acids is 3. The number of esters is 2. The molecule has 1 amide bonds. The van der Waals surface area contributed by atoms with Crippen LogP contribution in [0.1, 0.15) is 30.8 Å². The molecule has 0 aliphatic carbocycles. The lowest BCUT2D eigenvalue weighted by atomic mass is 10.0. The number of thiazole rings is 1. The number of hydrogen-bond donors (Lipinski definition) is 1. The van der Waals surface area contributed by atoms with E-state index in [1.807, 2.05) is 44.2 Å². The average molecular weight is 390 g/mol. The molecule has 2 aromatic rings. The van der Waals surface area contributed by atoms with Crippen molar-refractivity contribution in [1.82, 2.24) is 10.3 Å². The molecule has 0 saturated heterocycles. The van der Waals surface area contributed by atoms with E-state index in [4.69, 9.17) is 4.74 Å². The first-order valence-corrected chi connectivity index (χ1v) is 9.34. The van der Waals surface area contributed by atoms with Crippen LogP contribution in [0, 0.1) is 5.92 Å². The van der Waals surface area contributed by atoms with Crippen molar-refractivity contribution >= 4 is 29.2 Å². The molecule has 0 spiro atoms. The highest BCUT2D eigenvalue weighted by atomic mass is 32.1. The van der Waals surface area contributed by atoms with Gasteiger partial charge in [-0.15, -0.1) is 11.3 Å². The SMILES string of the molecule is COC(=O)[C@H](CC(C)C)NC(=O)COC(=O)c1csc(-c2ccccc2)n1. The van der Waals surface area contributed by atoms with Gasteiger partial charge in [-0.1, -0.05) is 44.2 Å². The van der Waals surface area contributed by atoms with E-state index in [0.717, 1.165) is 5.56 Å². The van der Waals surface area contributed by atoms with Gasteiger partial charge in [0.25, 0.3) is 5.91 Å². The van der Waals surface area contributed by atoms with Crippen molar-refractivity contribution in [2.75, 3.05) is 13.7 Å². The third-order valence-electron chi connectivity index (χ3n) is 3.60. The van der Waals surface area contributed by atoms with Gasteiger partial charge in [0.05, 0.1) is 7.11 Å². The maximum atomic E-state index is 12.1. The Hall–Kier alpha value is -2.74. The van der Waals surface area contributed by atoms with Gasteiger partial charge < -0.3 is 14.8 Å². The monoisotopic (exact) mass is 390 g/mol. The Morgan fingerprint density at radius 2 is 1.89 bits per heavy atom. The Morgan fingerprint density at radius 3 is 2.52 bits per heavy atom. The summed E-state index contributed by atoms with van der Waals surface area (Å²) in [6.07, 6.45) is 0.429. The van der Waals surface area contributed by atoms with Gasteiger partial charge >= 0.3 is 11.9 Å². The molecular formula is C19H22N2O5S. The lowest BCUT2D eigenvalue weighted by Gasteiger charge is -2.18. The van der Waals surface area contributed by atoms with Crippen LogP contribution in [0.15, 0.2) is 35.7 Å². The molecule has 0 saturated carbocycles. The van der Waals surface area contributed by atoms with E-state index in [-0.39, 0.29) is 11.6 Å². The van der Waals surface area contributed by atoms with Gasteiger partial charge in [-0.3, -0.25) is 4.79 Å². The summed E-state index contributed by atoms with van der Waals surface area (Å²) in [6.45, 7) is 3.35. The smallest absolute Gasteiger partial charge is 0.358 e. The van der Waals surface area contributed by atoms with Crippen LogP contribution >= 0.6 is 11.3 Å². The summed E-state index contributed by atoms with van der Waals surface area (Å²) in [4.78, 5) is 40.1. The number of ether oxygens (including phenoxy) is 2. The van der Waals surface area contributed by atoms with Gasteiger partial charge in [-0.25, -0.2) is 14.6 Å². The van der Waals surface area contributed by atoms with Crippen molar-refractivity contribution in [3.05, 3.63) is 41.4 Å². The van der Waals surface area contributed by atoms with Crippen LogP contribution in [0.25, 0.3) is 10.6 Å². The van der Waals surface area contributed by atoms with Crippen LogP contribution in [-0.2, 0) is 19.1 Å². The molecule has 0 fully saturated rings. The zero-order chi connectivity index (χ0) is 19.8. The number of hydrogen-bond acceptors (Lipinski definition) is 7. The molecule has 1 aromatic carbocycles. The molecule has 0 bridgehead atoms. The number of aromatic nitrogens is 1. The Bertz CT molecular complexity index is 788. The standard InChI is InChI=1S/C19H22N2O5S/c1-12(2)9-14(18(23)25-3)20-16(22)10-26-19(24)15-11-27-17(21-15)13-7-5-4-6-8-13/h4-8,11-12,14H,9-10H2,1-3H3,(H,20,22)/t14-/m0/s1. The number of nitrogens with one attached hydrogen (secondary N) is 1. The second-order valence-corrected chi connectivity index (χ2v) is 7.11. The minimum absolute atomic E-state index is 0.137. The molecule has 27 heavy (non-hydrogen) atoms. The number of carbonyl (C=O) groups is 3. The highest BCUT2D eigenvalue weighted by Crippen LogP contribution is 2.23. The first-order valence-electron chi connectivity index (χ1n) is 8.46. The number of rotatable bonds is 8. The second kappa shape index (κ2) is 9.82. The van der Waals surface area contributed by atoms with Crippen LogP contribution in [-0.4, -0.2) is 42.6 Å². The van der Waals surface area contributed by atoms with Gasteiger partial charge in [0.2, 0.25) is 0 Å². The fraction of sp³-hybridized carbons (Fsp3) is 0.368. The summed E-state index contributed by atoms with van der Waals surface area (Å²) in [5.74, 6) is -1.61. The lowest BCUT2D eigenvalue weighted by molar-refractivity contribution is -0.145. The summed E-state index contributed by atoms with van der Waals surface area (Å²) in [7, 11) is 1.26. The topological polar surface area (TPSA) is 94.6 Å². The van der Waals surface area contributed by atoms with Crippen molar-refractivity contribution in [2.24, 2.45) is 5.92 Å². The van der Waals surface area contributed by atoms with Crippen LogP contribution in [0.2, 0.25) is 0 Å². The summed E-state index contributed by atoms with van der Waals surface area (Å²) in [5.41, 5.74) is 1.03. The zero-order valence-corrected chi connectivity index (χ0v) is 16.2. The van der Waals surface area contributed by atoms with E-state index >= 15 is 0 Å². The van der Waals surface area contributed by atoms with E-state index in [1.165, 1.54) is 18.4 Å². The molecule has 0 aliphatic heterocycles. The normalized spacial score (nSPS) is 11.7. The minimum atomic E-state index is -0.773. The highest BCUT2D eigenvalue weighted by Gasteiger charge is 2.23. The number of methoxy groups -OCH3 is 1. The number of amides is 1. The van der Waals surface area contributed by atoms with E-state index < -0.39 is 30.5 Å². The van der Waals surface area contributed by atoms with Gasteiger partial charge in [0.1, 0.15) is 11.0 Å². The summed E-state index contributed by atoms with van der Waals surface area (Å²) >= 11 is 1.32. The van der Waals surface area contributed by atoms with Gasteiger partial charge in [0.15, 0.2) is 12.3 Å². The lowest BCUT2D eigenvalue weighted by Crippen LogP contribution is -2.44. The van der Waals surface area contributed by atoms with Crippen molar-refractivity contribution in [3.8, 4) is 10.6 Å². The highest BCUT2D eigenvalue weighted by molar-refractivity contribution is 7.13. The van der Waals surface area contributed by atoms with Crippen molar-refractivity contribution in [1.29, 1.82) is 0 Å². The first-order chi connectivity index (χ1) is 12.9. The molecule has 0 radical (unpaired) electrons. The predicted molar refractivity (Wildman–Crippen MR) is 101 cm³/mol. The molecular weight excluding hydrogens is 368 g/mol. The Labute approximate surface area is 161 Å². The number of nitrogens with zero attached hydrogens (tertiary/aromatic N) is 1. The largest absolute Gasteiger partial charge is 0.467 e. The maximum Gasteiger partial charge on any atom is 0.358 e. The van der Waals surface area contributed by atoms with E-state index in [1.54, 1.807) is 5.38 Å². The minimum Gasteiger partial charge on any atom is -0.467 e. The molecule has 0 aliphatic rings. The summed E-state index contributed by atoms with van der Waals surface area (Å²) in [6, 6.07) is 8.67. The first kappa shape index (κ1) is 20.6. The van der Waals surface area contributed by atoms with Gasteiger partial charge in [-0.2, -0.15) is 0 Å². The molecule has 7 nitrogen and oxygen atoms in total. The second-order valence-electron chi connectivity index (χ2n) is 6.25. The molecule has 144 valence electrons. The average Bonchev–Trinajstić information content (AvgIpc) is 3.15. The third-order valence-corrected chi connectivity index (χ3v) is 4.49. The summed E-state index contributed by atoms with van der Waals surface area (Å²) < 4.78 is 9.68. The van der Waals surface area contributed by atoms with Gasteiger partial charge in [0, 0.05) is 10.9 Å². The molecule has 1 N–H and O–H groups in total. The van der Waals surface area contributed by atoms with E-state index in [2.05, 4.69) is 15.0 Å². The zero-order valence-electron chi connectivity index (χ0n) is 15.4. The van der Waals surface area contributed by atoms with Crippen LogP contribution < -0.4 is 5.32 Å². The molecule has 2 rings (SSSR count). The van der Waals surface area contributed by atoms with Crippen molar-refractivity contribution < 1.29 is 23.9 Å². The molecule has 8 heteroatoms. The molecule has 0 unspecified atom stereocenters. The summed E-state index contributed by atoms with van der Waals surface area (Å²) in [5, 5.41) is 4.80. The van der Waals surface area contributed by atoms with E-state index in [9.17, 15) is 14.4 Å². The third kappa shape index (κ3) is 6.18. The molecule has 1 heterocycles. The molecule has 1 atom stereocenters. The quantitative estimate of drug-likeness (QED) is 0.697. The van der Waals surface area contributed by atoms with E-state index in [0.29, 0.717) is 11.4 Å². The van der Waals surface area contributed by atoms with Crippen LogP contribution in [0.3, 0.4) is 0 Å². The Morgan fingerprint density at radius 1 is 1.19 bits per heavy atom. The molecule has 1 aromatic heterocycles. The Balaban J connectivity index is 1.90. The van der Waals surface area contributed by atoms with Crippen LogP contribution in [0.4, 0.5) is 0 Å². The maximum absolute atomic E-state index is 12.1. The van der Waals surface area contributed by atoms with Crippen LogP contribution in [0.5, 0.6) is 0 Å². The fourth-order valence-electron chi connectivity index (χ4n) is 2.35. The Kier molecular flexibility index (Phi) is 7.48. The number of benzene rings is 1. The fourth-order valence-corrected chi connectivity index (χ4v) is 3.14.